The number of nitrogens with one attached hydrogen (secondary N) is 1. The summed E-state index contributed by atoms with van der Waals surface area (Å²) in [7, 11) is 0. The average molecular weight is 272 g/mol. The van der Waals surface area contributed by atoms with Crippen LogP contribution < -0.4 is 5.32 Å². The highest BCUT2D eigenvalue weighted by atomic mass is 15.2. The zero-order valence-electron chi connectivity index (χ0n) is 13.2. The third-order valence-electron chi connectivity index (χ3n) is 5.34. The highest BCUT2D eigenvalue weighted by molar-refractivity contribution is 5.38. The summed E-state index contributed by atoms with van der Waals surface area (Å²) >= 11 is 0. The normalized spacial score (nSPS) is 22.6. The number of hydrogen-bond donors (Lipinski definition) is 1. The van der Waals surface area contributed by atoms with E-state index >= 15 is 0 Å². The van der Waals surface area contributed by atoms with E-state index in [0.29, 0.717) is 6.04 Å². The van der Waals surface area contributed by atoms with Gasteiger partial charge in [0.1, 0.15) is 0 Å². The summed E-state index contributed by atoms with van der Waals surface area (Å²) in [6, 6.07) is 5.51. The van der Waals surface area contributed by atoms with Crippen LogP contribution >= 0.6 is 0 Å². The molecule has 1 atom stereocenters. The predicted octanol–water partition coefficient (Wildman–Crippen LogP) is 3.36. The van der Waals surface area contributed by atoms with Crippen LogP contribution in [0, 0.1) is 26.7 Å². The first-order valence-electron chi connectivity index (χ1n) is 8.19. The van der Waals surface area contributed by atoms with Gasteiger partial charge in [0.05, 0.1) is 0 Å². The van der Waals surface area contributed by atoms with E-state index in [9.17, 15) is 0 Å². The molecule has 1 aliphatic heterocycles. The summed E-state index contributed by atoms with van der Waals surface area (Å²) in [5, 5.41) is 3.49. The molecule has 0 radical (unpaired) electrons. The van der Waals surface area contributed by atoms with Crippen molar-refractivity contribution in [3.63, 3.8) is 0 Å². The average Bonchev–Trinajstić information content (AvgIpc) is 2.39. The molecule has 110 valence electrons. The Bertz CT molecular complexity index is 471. The van der Waals surface area contributed by atoms with Gasteiger partial charge in [0.25, 0.3) is 0 Å². The Morgan fingerprint density at radius 2 is 1.65 bits per heavy atom. The van der Waals surface area contributed by atoms with E-state index in [1.165, 1.54) is 49.0 Å². The first kappa shape index (κ1) is 14.1. The molecule has 1 aromatic carbocycles. The Kier molecular flexibility index (Phi) is 4.13. The van der Waals surface area contributed by atoms with Gasteiger partial charge in [0.15, 0.2) is 0 Å². The number of hydrogen-bond acceptors (Lipinski definition) is 2. The van der Waals surface area contributed by atoms with E-state index in [4.69, 9.17) is 0 Å². The van der Waals surface area contributed by atoms with Gasteiger partial charge in [-0.25, -0.2) is 0 Å². The summed E-state index contributed by atoms with van der Waals surface area (Å²) in [6.45, 7) is 11.5. The second-order valence-corrected chi connectivity index (χ2v) is 6.71. The maximum Gasteiger partial charge on any atom is 0.0380 e. The number of piperazine rings is 1. The molecular formula is C18H28N2. The predicted molar refractivity (Wildman–Crippen MR) is 85.2 cm³/mol. The monoisotopic (exact) mass is 272 g/mol. The van der Waals surface area contributed by atoms with Gasteiger partial charge in [-0.15, -0.1) is 0 Å². The van der Waals surface area contributed by atoms with Gasteiger partial charge in [-0.2, -0.15) is 0 Å². The van der Waals surface area contributed by atoms with E-state index in [-0.39, 0.29) is 0 Å². The maximum absolute atomic E-state index is 3.49. The molecule has 2 nitrogen and oxygen atoms in total. The van der Waals surface area contributed by atoms with Crippen LogP contribution in [0.25, 0.3) is 0 Å². The van der Waals surface area contributed by atoms with Crippen molar-refractivity contribution in [2.24, 2.45) is 5.92 Å². The first-order valence-corrected chi connectivity index (χ1v) is 8.19. The van der Waals surface area contributed by atoms with E-state index in [0.717, 1.165) is 19.0 Å². The number of nitrogens with zero attached hydrogens (tertiary/aromatic N) is 1. The lowest BCUT2D eigenvalue weighted by molar-refractivity contribution is 0.0832. The van der Waals surface area contributed by atoms with Gasteiger partial charge in [-0.1, -0.05) is 18.6 Å². The molecule has 3 rings (SSSR count). The molecule has 1 saturated carbocycles. The Balaban J connectivity index is 1.93. The van der Waals surface area contributed by atoms with Crippen molar-refractivity contribution in [2.75, 3.05) is 26.2 Å². The Morgan fingerprint density at radius 1 is 1.00 bits per heavy atom. The van der Waals surface area contributed by atoms with Crippen molar-refractivity contribution >= 4 is 0 Å². The lowest BCUT2D eigenvalue weighted by Crippen LogP contribution is -2.48. The highest BCUT2D eigenvalue weighted by Crippen LogP contribution is 2.42. The molecule has 0 aromatic heterocycles. The molecule has 0 spiro atoms. The van der Waals surface area contributed by atoms with Crippen LogP contribution in [0.5, 0.6) is 0 Å². The molecule has 2 fully saturated rings. The maximum atomic E-state index is 3.49. The van der Waals surface area contributed by atoms with Crippen molar-refractivity contribution < 1.29 is 0 Å². The van der Waals surface area contributed by atoms with Crippen molar-refractivity contribution in [2.45, 2.75) is 46.1 Å². The van der Waals surface area contributed by atoms with Crippen molar-refractivity contribution in [3.05, 3.63) is 34.4 Å². The Labute approximate surface area is 123 Å². The molecule has 0 amide bonds. The van der Waals surface area contributed by atoms with Gasteiger partial charge >= 0.3 is 0 Å². The van der Waals surface area contributed by atoms with Gasteiger partial charge in [0.2, 0.25) is 0 Å². The fourth-order valence-electron chi connectivity index (χ4n) is 3.77. The number of aryl methyl sites for hydroxylation is 3. The molecule has 1 heterocycles. The van der Waals surface area contributed by atoms with Gasteiger partial charge in [-0.3, -0.25) is 4.90 Å². The zero-order valence-corrected chi connectivity index (χ0v) is 13.2. The standard InChI is InChI=1S/C18H28N2/c1-13-11-15(3)17(12-14(13)2)18(16-5-4-6-16)20-9-7-19-8-10-20/h11-12,16,18-19H,4-10H2,1-3H3. The summed E-state index contributed by atoms with van der Waals surface area (Å²) in [6.07, 6.45) is 4.26. The number of benzene rings is 1. The minimum Gasteiger partial charge on any atom is -0.314 e. The van der Waals surface area contributed by atoms with Crippen LogP contribution in [0.4, 0.5) is 0 Å². The first-order chi connectivity index (χ1) is 9.66. The molecule has 2 heteroatoms. The third kappa shape index (κ3) is 2.64. The molecular weight excluding hydrogens is 244 g/mol. The lowest BCUT2D eigenvalue weighted by Gasteiger charge is -2.44. The van der Waals surface area contributed by atoms with Crippen LogP contribution in [0.2, 0.25) is 0 Å². The lowest BCUT2D eigenvalue weighted by atomic mass is 9.75. The molecule has 0 bridgehead atoms. The molecule has 1 aliphatic carbocycles. The Morgan fingerprint density at radius 3 is 2.25 bits per heavy atom. The SMILES string of the molecule is Cc1cc(C)c(C(C2CCC2)N2CCNCC2)cc1C. The quantitative estimate of drug-likeness (QED) is 0.907. The molecule has 1 N–H and O–H groups in total. The van der Waals surface area contributed by atoms with E-state index in [1.807, 2.05) is 0 Å². The number of rotatable bonds is 3. The van der Waals surface area contributed by atoms with E-state index < -0.39 is 0 Å². The smallest absolute Gasteiger partial charge is 0.0380 e. The fraction of sp³-hybridized carbons (Fsp3) is 0.667. The fourth-order valence-corrected chi connectivity index (χ4v) is 3.77. The summed E-state index contributed by atoms with van der Waals surface area (Å²) < 4.78 is 0. The second kappa shape index (κ2) is 5.87. The van der Waals surface area contributed by atoms with Crippen LogP contribution in [0.3, 0.4) is 0 Å². The molecule has 1 unspecified atom stereocenters. The minimum atomic E-state index is 0.658. The minimum absolute atomic E-state index is 0.658. The Hall–Kier alpha value is -0.860. The van der Waals surface area contributed by atoms with Crippen LogP contribution in [0.1, 0.15) is 47.6 Å². The van der Waals surface area contributed by atoms with Gasteiger partial charge in [-0.05, 0) is 61.8 Å². The van der Waals surface area contributed by atoms with Crippen molar-refractivity contribution in [1.82, 2.24) is 10.2 Å². The van der Waals surface area contributed by atoms with Crippen LogP contribution in [0.15, 0.2) is 12.1 Å². The van der Waals surface area contributed by atoms with Gasteiger partial charge < -0.3 is 5.32 Å². The van der Waals surface area contributed by atoms with Crippen molar-refractivity contribution in [1.29, 1.82) is 0 Å². The summed E-state index contributed by atoms with van der Waals surface area (Å²) in [5.74, 6) is 0.883. The zero-order chi connectivity index (χ0) is 14.1. The largest absolute Gasteiger partial charge is 0.314 e. The summed E-state index contributed by atoms with van der Waals surface area (Å²) in [5.41, 5.74) is 5.97. The molecule has 2 aliphatic rings. The van der Waals surface area contributed by atoms with Crippen molar-refractivity contribution in [3.8, 4) is 0 Å². The second-order valence-electron chi connectivity index (χ2n) is 6.71. The third-order valence-corrected chi connectivity index (χ3v) is 5.34. The highest BCUT2D eigenvalue weighted by Gasteiger charge is 2.34. The van der Waals surface area contributed by atoms with Crippen LogP contribution in [-0.4, -0.2) is 31.1 Å². The topological polar surface area (TPSA) is 15.3 Å². The van der Waals surface area contributed by atoms with E-state index in [1.54, 1.807) is 5.56 Å². The van der Waals surface area contributed by atoms with E-state index in [2.05, 4.69) is 43.1 Å². The molecule has 20 heavy (non-hydrogen) atoms. The summed E-state index contributed by atoms with van der Waals surface area (Å²) in [4.78, 5) is 2.73. The molecule has 1 saturated heterocycles. The van der Waals surface area contributed by atoms with Gasteiger partial charge in [0, 0.05) is 32.2 Å². The molecule has 1 aromatic rings. The van der Waals surface area contributed by atoms with Crippen LogP contribution in [-0.2, 0) is 0 Å².